The van der Waals surface area contributed by atoms with E-state index in [4.69, 9.17) is 14.2 Å². The first-order valence-electron chi connectivity index (χ1n) is 6.19. The zero-order chi connectivity index (χ0) is 13.3. The second kappa shape index (κ2) is 4.71. The first-order chi connectivity index (χ1) is 9.15. The van der Waals surface area contributed by atoms with Gasteiger partial charge in [0, 0.05) is 24.8 Å². The van der Waals surface area contributed by atoms with E-state index < -0.39 is 0 Å². The van der Waals surface area contributed by atoms with Crippen LogP contribution in [-0.4, -0.2) is 38.0 Å². The second-order valence-corrected chi connectivity index (χ2v) is 4.96. The van der Waals surface area contributed by atoms with Gasteiger partial charge in [-0.05, 0) is 19.1 Å². The number of rotatable bonds is 4. The van der Waals surface area contributed by atoms with Gasteiger partial charge in [-0.2, -0.15) is 0 Å². The molecule has 102 valence electrons. The Hall–Kier alpha value is -1.79. The monoisotopic (exact) mass is 264 g/mol. The van der Waals surface area contributed by atoms with Gasteiger partial charge in [0.05, 0.1) is 5.60 Å². The zero-order valence-corrected chi connectivity index (χ0v) is 10.7. The first kappa shape index (κ1) is 12.3. The lowest BCUT2D eigenvalue weighted by Gasteiger charge is -2.38. The van der Waals surface area contributed by atoms with Crippen LogP contribution >= 0.6 is 0 Å². The highest BCUT2D eigenvalue weighted by Gasteiger charge is 2.33. The molecule has 1 aromatic rings. The summed E-state index contributed by atoms with van der Waals surface area (Å²) in [5, 5.41) is 5.89. The zero-order valence-electron chi connectivity index (χ0n) is 10.7. The molecule has 2 aliphatic rings. The summed E-state index contributed by atoms with van der Waals surface area (Å²) in [4.78, 5) is 11.8. The van der Waals surface area contributed by atoms with Crippen LogP contribution in [0.15, 0.2) is 18.2 Å². The van der Waals surface area contributed by atoms with Gasteiger partial charge in [0.25, 0.3) is 0 Å². The molecule has 1 amide bonds. The van der Waals surface area contributed by atoms with Crippen molar-refractivity contribution in [3.63, 3.8) is 0 Å². The summed E-state index contributed by atoms with van der Waals surface area (Å²) >= 11 is 0. The summed E-state index contributed by atoms with van der Waals surface area (Å²) in [6, 6.07) is 5.29. The summed E-state index contributed by atoms with van der Waals surface area (Å²) in [7, 11) is 0. The molecular formula is C13H16N2O4. The molecule has 1 saturated heterocycles. The Morgan fingerprint density at radius 3 is 2.95 bits per heavy atom. The molecule has 6 heteroatoms. The smallest absolute Gasteiger partial charge is 0.250 e. The SMILES string of the molecule is CC1(OCC(=O)Nc2ccc3c(c2)OCO3)CNC1. The van der Waals surface area contributed by atoms with Gasteiger partial charge in [0.15, 0.2) is 11.5 Å². The summed E-state index contributed by atoms with van der Waals surface area (Å²) in [5.41, 5.74) is 0.460. The molecule has 0 bridgehead atoms. The largest absolute Gasteiger partial charge is 0.454 e. The highest BCUT2D eigenvalue weighted by atomic mass is 16.7. The third-order valence-corrected chi connectivity index (χ3v) is 3.21. The summed E-state index contributed by atoms with van der Waals surface area (Å²) in [6.45, 7) is 3.82. The average Bonchev–Trinajstić information content (AvgIpc) is 2.81. The van der Waals surface area contributed by atoms with Crippen molar-refractivity contribution in [2.24, 2.45) is 0 Å². The molecule has 0 aromatic heterocycles. The molecule has 0 unspecified atom stereocenters. The van der Waals surface area contributed by atoms with Crippen LogP contribution in [0.3, 0.4) is 0 Å². The Bertz CT molecular complexity index is 499. The summed E-state index contributed by atoms with van der Waals surface area (Å²) < 4.78 is 16.0. The molecule has 3 rings (SSSR count). The van der Waals surface area contributed by atoms with Crippen LogP contribution in [-0.2, 0) is 9.53 Å². The third kappa shape index (κ3) is 2.64. The Labute approximate surface area is 111 Å². The van der Waals surface area contributed by atoms with Crippen LogP contribution < -0.4 is 20.1 Å². The Balaban J connectivity index is 1.54. The minimum Gasteiger partial charge on any atom is -0.454 e. The average molecular weight is 264 g/mol. The van der Waals surface area contributed by atoms with E-state index in [0.29, 0.717) is 17.2 Å². The van der Waals surface area contributed by atoms with E-state index in [0.717, 1.165) is 13.1 Å². The maximum Gasteiger partial charge on any atom is 0.250 e. The summed E-state index contributed by atoms with van der Waals surface area (Å²) in [5.74, 6) is 1.17. The van der Waals surface area contributed by atoms with Crippen LogP contribution in [0.4, 0.5) is 5.69 Å². The van der Waals surface area contributed by atoms with Crippen molar-refractivity contribution < 1.29 is 19.0 Å². The number of carbonyl (C=O) groups excluding carboxylic acids is 1. The van der Waals surface area contributed by atoms with E-state index in [1.165, 1.54) is 0 Å². The van der Waals surface area contributed by atoms with Gasteiger partial charge >= 0.3 is 0 Å². The van der Waals surface area contributed by atoms with Crippen molar-refractivity contribution in [2.45, 2.75) is 12.5 Å². The number of ether oxygens (including phenoxy) is 3. The Morgan fingerprint density at radius 1 is 1.42 bits per heavy atom. The molecule has 0 radical (unpaired) electrons. The second-order valence-electron chi connectivity index (χ2n) is 4.96. The molecule has 2 aliphatic heterocycles. The lowest BCUT2D eigenvalue weighted by atomic mass is 10.0. The fourth-order valence-electron chi connectivity index (χ4n) is 1.99. The molecule has 0 spiro atoms. The number of carbonyl (C=O) groups is 1. The first-order valence-corrected chi connectivity index (χ1v) is 6.19. The minimum absolute atomic E-state index is 0.0482. The molecule has 0 atom stereocenters. The lowest BCUT2D eigenvalue weighted by molar-refractivity contribution is -0.130. The van der Waals surface area contributed by atoms with Crippen LogP contribution in [0.2, 0.25) is 0 Å². The van der Waals surface area contributed by atoms with E-state index in [9.17, 15) is 4.79 Å². The van der Waals surface area contributed by atoms with Gasteiger partial charge in [-0.15, -0.1) is 0 Å². The van der Waals surface area contributed by atoms with E-state index in [2.05, 4.69) is 10.6 Å². The molecule has 19 heavy (non-hydrogen) atoms. The molecule has 2 heterocycles. The predicted octanol–water partition coefficient (Wildman–Crippen LogP) is 0.732. The maximum absolute atomic E-state index is 11.8. The standard InChI is InChI=1S/C13H16N2O4/c1-13(6-14-7-13)19-5-12(16)15-9-2-3-10-11(4-9)18-8-17-10/h2-4,14H,5-8H2,1H3,(H,15,16). The number of hydrogen-bond acceptors (Lipinski definition) is 5. The van der Waals surface area contributed by atoms with E-state index in [-0.39, 0.29) is 24.9 Å². The minimum atomic E-state index is -0.216. The van der Waals surface area contributed by atoms with Crippen molar-refractivity contribution in [1.82, 2.24) is 5.32 Å². The number of amides is 1. The van der Waals surface area contributed by atoms with E-state index in [1.807, 2.05) is 6.92 Å². The van der Waals surface area contributed by atoms with Gasteiger partial charge in [-0.25, -0.2) is 0 Å². The maximum atomic E-state index is 11.8. The molecule has 0 aliphatic carbocycles. The normalized spacial score (nSPS) is 18.8. The Morgan fingerprint density at radius 2 is 2.21 bits per heavy atom. The van der Waals surface area contributed by atoms with Crippen molar-refractivity contribution in [3.05, 3.63) is 18.2 Å². The number of anilines is 1. The van der Waals surface area contributed by atoms with Gasteiger partial charge in [-0.1, -0.05) is 0 Å². The van der Waals surface area contributed by atoms with Crippen LogP contribution in [0.25, 0.3) is 0 Å². The Kier molecular flexibility index (Phi) is 3.04. The van der Waals surface area contributed by atoms with Crippen molar-refractivity contribution >= 4 is 11.6 Å². The van der Waals surface area contributed by atoms with E-state index >= 15 is 0 Å². The summed E-state index contributed by atoms with van der Waals surface area (Å²) in [6.07, 6.45) is 0. The van der Waals surface area contributed by atoms with Crippen LogP contribution in [0.1, 0.15) is 6.92 Å². The lowest BCUT2D eigenvalue weighted by Crippen LogP contribution is -2.59. The molecule has 2 N–H and O–H groups in total. The molecular weight excluding hydrogens is 248 g/mol. The van der Waals surface area contributed by atoms with Gasteiger partial charge in [0.2, 0.25) is 12.7 Å². The van der Waals surface area contributed by atoms with Crippen molar-refractivity contribution in [3.8, 4) is 11.5 Å². The molecule has 1 fully saturated rings. The fourth-order valence-corrected chi connectivity index (χ4v) is 1.99. The van der Waals surface area contributed by atoms with Gasteiger partial charge in [-0.3, -0.25) is 4.79 Å². The third-order valence-electron chi connectivity index (χ3n) is 3.21. The number of hydrogen-bond donors (Lipinski definition) is 2. The highest BCUT2D eigenvalue weighted by Crippen LogP contribution is 2.34. The van der Waals surface area contributed by atoms with Crippen LogP contribution in [0, 0.1) is 0 Å². The van der Waals surface area contributed by atoms with Crippen molar-refractivity contribution in [2.75, 3.05) is 31.8 Å². The molecule has 0 saturated carbocycles. The molecule has 1 aromatic carbocycles. The highest BCUT2D eigenvalue weighted by molar-refractivity contribution is 5.92. The predicted molar refractivity (Wildman–Crippen MR) is 68.4 cm³/mol. The topological polar surface area (TPSA) is 68.8 Å². The number of nitrogens with one attached hydrogen (secondary N) is 2. The van der Waals surface area contributed by atoms with Gasteiger partial charge < -0.3 is 24.8 Å². The van der Waals surface area contributed by atoms with Gasteiger partial charge in [0.1, 0.15) is 6.61 Å². The fraction of sp³-hybridized carbons (Fsp3) is 0.462. The number of benzene rings is 1. The van der Waals surface area contributed by atoms with E-state index in [1.54, 1.807) is 18.2 Å². The number of fused-ring (bicyclic) bond motifs is 1. The molecule has 6 nitrogen and oxygen atoms in total. The van der Waals surface area contributed by atoms with Crippen LogP contribution in [0.5, 0.6) is 11.5 Å². The van der Waals surface area contributed by atoms with Crippen molar-refractivity contribution in [1.29, 1.82) is 0 Å². The quantitative estimate of drug-likeness (QED) is 0.839.